The number of pyridine rings is 1. The number of fused-ring (bicyclic) bond motifs is 1. The molecule has 0 aromatic carbocycles. The normalized spacial score (nSPS) is 23.4. The van der Waals surface area contributed by atoms with Gasteiger partial charge >= 0.3 is 0 Å². The van der Waals surface area contributed by atoms with Crippen molar-refractivity contribution in [3.05, 3.63) is 41.2 Å². The fourth-order valence-corrected chi connectivity index (χ4v) is 3.19. The van der Waals surface area contributed by atoms with E-state index >= 15 is 0 Å². The van der Waals surface area contributed by atoms with Gasteiger partial charge in [0.1, 0.15) is 5.69 Å². The molecule has 0 radical (unpaired) electrons. The van der Waals surface area contributed by atoms with Crippen molar-refractivity contribution >= 4 is 5.91 Å². The Morgan fingerprint density at radius 3 is 2.64 bits per heavy atom. The van der Waals surface area contributed by atoms with Gasteiger partial charge in [-0.2, -0.15) is 0 Å². The molecule has 1 unspecified atom stereocenters. The Bertz CT molecular complexity index is 544. The van der Waals surface area contributed by atoms with Gasteiger partial charge in [0, 0.05) is 12.2 Å². The second-order valence-corrected chi connectivity index (χ2v) is 6.58. The summed E-state index contributed by atoms with van der Waals surface area (Å²) in [6, 6.07) is 4.17. The van der Waals surface area contributed by atoms with E-state index < -0.39 is 0 Å². The molecular weight excluding hydrogens is 272 g/mol. The van der Waals surface area contributed by atoms with E-state index in [-0.39, 0.29) is 11.9 Å². The lowest BCUT2D eigenvalue weighted by Gasteiger charge is -2.16. The fourth-order valence-electron chi connectivity index (χ4n) is 3.19. The highest BCUT2D eigenvalue weighted by Crippen LogP contribution is 2.28. The second kappa shape index (κ2) is 7.57. The van der Waals surface area contributed by atoms with Crippen LogP contribution in [0.1, 0.15) is 73.8 Å². The lowest BCUT2D eigenvalue weighted by atomic mass is 10.0. The van der Waals surface area contributed by atoms with Gasteiger partial charge in [0.05, 0.1) is 0 Å². The lowest BCUT2D eigenvalue weighted by Crippen LogP contribution is -2.34. The molecule has 1 aliphatic heterocycles. The summed E-state index contributed by atoms with van der Waals surface area (Å²) in [5.74, 6) is -0.00246. The Morgan fingerprint density at radius 2 is 1.82 bits per heavy atom. The molecule has 1 atom stereocenters. The highest BCUT2D eigenvalue weighted by atomic mass is 16.1. The third-order valence-electron chi connectivity index (χ3n) is 4.61. The fraction of sp³-hybridized carbons (Fsp3) is 0.579. The molecule has 3 nitrogen and oxygen atoms in total. The minimum atomic E-state index is -0.00246. The van der Waals surface area contributed by atoms with Gasteiger partial charge in [-0.25, -0.2) is 0 Å². The van der Waals surface area contributed by atoms with E-state index in [0.29, 0.717) is 5.69 Å². The number of allylic oxidation sites excluding steroid dienone is 1. The lowest BCUT2D eigenvalue weighted by molar-refractivity contribution is 0.0936. The van der Waals surface area contributed by atoms with E-state index in [4.69, 9.17) is 0 Å². The van der Waals surface area contributed by atoms with Crippen LogP contribution in [0.25, 0.3) is 0 Å². The van der Waals surface area contributed by atoms with Crippen LogP contribution < -0.4 is 5.32 Å². The molecule has 0 bridgehead atoms. The number of rotatable bonds is 1. The molecule has 22 heavy (non-hydrogen) atoms. The van der Waals surface area contributed by atoms with Crippen LogP contribution in [0, 0.1) is 0 Å². The SMILES string of the molecule is O=C1NC(C=C2CC2)CCCCCCCCc2cccnc21. The molecule has 0 saturated heterocycles. The topological polar surface area (TPSA) is 42.0 Å². The molecule has 1 fully saturated rings. The average Bonchev–Trinajstić information content (AvgIpc) is 3.33. The van der Waals surface area contributed by atoms with E-state index in [1.165, 1.54) is 50.5 Å². The zero-order chi connectivity index (χ0) is 15.2. The van der Waals surface area contributed by atoms with Gasteiger partial charge in [0.15, 0.2) is 0 Å². The first kappa shape index (κ1) is 15.3. The van der Waals surface area contributed by atoms with Crippen LogP contribution in [0.15, 0.2) is 30.0 Å². The standard InChI is InChI=1S/C19H26N2O/c22-19-18-16(9-7-13-20-18)8-5-3-1-2-4-6-10-17(21-19)14-15-11-12-15/h7,9,13-14,17H,1-6,8,10-12H2,(H,21,22). The largest absolute Gasteiger partial charge is 0.344 e. The molecule has 1 saturated carbocycles. The monoisotopic (exact) mass is 298 g/mol. The van der Waals surface area contributed by atoms with E-state index in [1.807, 2.05) is 6.07 Å². The Morgan fingerprint density at radius 1 is 1.05 bits per heavy atom. The van der Waals surface area contributed by atoms with Gasteiger partial charge in [0.2, 0.25) is 0 Å². The number of amides is 1. The van der Waals surface area contributed by atoms with E-state index in [1.54, 1.807) is 6.20 Å². The molecule has 2 heterocycles. The summed E-state index contributed by atoms with van der Waals surface area (Å²) in [5, 5.41) is 3.20. The maximum Gasteiger partial charge on any atom is 0.270 e. The van der Waals surface area contributed by atoms with Crippen LogP contribution in [0.3, 0.4) is 0 Å². The minimum Gasteiger partial charge on any atom is -0.344 e. The molecule has 0 spiro atoms. The molecule has 1 aromatic heterocycles. The first-order chi connectivity index (χ1) is 10.8. The van der Waals surface area contributed by atoms with Gasteiger partial charge < -0.3 is 5.32 Å². The summed E-state index contributed by atoms with van der Waals surface area (Å²) in [6.07, 6.45) is 15.9. The Labute approximate surface area is 133 Å². The molecule has 118 valence electrons. The van der Waals surface area contributed by atoms with Crippen molar-refractivity contribution in [1.82, 2.24) is 10.3 Å². The third kappa shape index (κ3) is 4.43. The summed E-state index contributed by atoms with van der Waals surface area (Å²) < 4.78 is 0. The summed E-state index contributed by atoms with van der Waals surface area (Å²) in [6.45, 7) is 0. The van der Waals surface area contributed by atoms with E-state index in [2.05, 4.69) is 22.4 Å². The third-order valence-corrected chi connectivity index (χ3v) is 4.61. The molecule has 1 aromatic rings. The number of hydrogen-bond acceptors (Lipinski definition) is 2. The van der Waals surface area contributed by atoms with Crippen molar-refractivity contribution in [2.24, 2.45) is 0 Å². The number of nitrogens with one attached hydrogen (secondary N) is 1. The van der Waals surface area contributed by atoms with Crippen molar-refractivity contribution in [3.8, 4) is 0 Å². The van der Waals surface area contributed by atoms with Gasteiger partial charge in [-0.15, -0.1) is 0 Å². The smallest absolute Gasteiger partial charge is 0.270 e. The average molecular weight is 298 g/mol. The number of carbonyl (C=O) groups excluding carboxylic acids is 1. The van der Waals surface area contributed by atoms with Crippen molar-refractivity contribution in [2.45, 2.75) is 70.3 Å². The molecule has 1 N–H and O–H groups in total. The molecule has 3 rings (SSSR count). The first-order valence-corrected chi connectivity index (χ1v) is 8.77. The predicted molar refractivity (Wildman–Crippen MR) is 88.8 cm³/mol. The number of aromatic nitrogens is 1. The van der Waals surface area contributed by atoms with E-state index in [9.17, 15) is 4.79 Å². The van der Waals surface area contributed by atoms with Crippen molar-refractivity contribution in [1.29, 1.82) is 0 Å². The summed E-state index contributed by atoms with van der Waals surface area (Å²) in [5.41, 5.74) is 3.22. The molecular formula is C19H26N2O. The molecule has 1 amide bonds. The second-order valence-electron chi connectivity index (χ2n) is 6.58. The minimum absolute atomic E-state index is 0.00246. The van der Waals surface area contributed by atoms with Crippen molar-refractivity contribution < 1.29 is 4.79 Å². The maximum absolute atomic E-state index is 12.6. The summed E-state index contributed by atoms with van der Waals surface area (Å²) in [4.78, 5) is 17.0. The predicted octanol–water partition coefficient (Wildman–Crippen LogP) is 4.19. The Hall–Kier alpha value is -1.64. The van der Waals surface area contributed by atoms with Crippen molar-refractivity contribution in [3.63, 3.8) is 0 Å². The summed E-state index contributed by atoms with van der Waals surface area (Å²) in [7, 11) is 0. The molecule has 3 heteroatoms. The Kier molecular flexibility index (Phi) is 5.25. The van der Waals surface area contributed by atoms with E-state index in [0.717, 1.165) is 24.8 Å². The van der Waals surface area contributed by atoms with Crippen LogP contribution in [-0.4, -0.2) is 16.9 Å². The first-order valence-electron chi connectivity index (χ1n) is 8.77. The molecule has 1 aliphatic carbocycles. The highest BCUT2D eigenvalue weighted by Gasteiger charge is 2.19. The number of hydrogen-bond donors (Lipinski definition) is 1. The summed E-state index contributed by atoms with van der Waals surface area (Å²) >= 11 is 0. The number of nitrogens with zero attached hydrogens (tertiary/aromatic N) is 1. The van der Waals surface area contributed by atoms with Gasteiger partial charge in [0.25, 0.3) is 5.91 Å². The number of carbonyl (C=O) groups is 1. The van der Waals surface area contributed by atoms with Gasteiger partial charge in [-0.3, -0.25) is 9.78 Å². The zero-order valence-electron chi connectivity index (χ0n) is 13.3. The van der Waals surface area contributed by atoms with Crippen molar-refractivity contribution in [2.75, 3.05) is 0 Å². The van der Waals surface area contributed by atoms with Gasteiger partial charge in [-0.05, 0) is 43.7 Å². The zero-order valence-corrected chi connectivity index (χ0v) is 13.3. The molecule has 2 aliphatic rings. The quantitative estimate of drug-likeness (QED) is 0.790. The van der Waals surface area contributed by atoms with Crippen LogP contribution >= 0.6 is 0 Å². The maximum atomic E-state index is 12.6. The van der Waals surface area contributed by atoms with Crippen LogP contribution in [-0.2, 0) is 6.42 Å². The van der Waals surface area contributed by atoms with Crippen LogP contribution in [0.4, 0.5) is 0 Å². The Balaban J connectivity index is 1.77. The highest BCUT2D eigenvalue weighted by molar-refractivity contribution is 5.94. The van der Waals surface area contributed by atoms with Crippen LogP contribution in [0.2, 0.25) is 0 Å². The van der Waals surface area contributed by atoms with Crippen LogP contribution in [0.5, 0.6) is 0 Å². The number of aryl methyl sites for hydroxylation is 1. The van der Waals surface area contributed by atoms with Gasteiger partial charge in [-0.1, -0.05) is 49.8 Å².